The molecule has 0 bridgehead atoms. The lowest BCUT2D eigenvalue weighted by molar-refractivity contribution is 0.425. The summed E-state index contributed by atoms with van der Waals surface area (Å²) < 4.78 is 66.2. The van der Waals surface area contributed by atoms with Gasteiger partial charge in [-0.2, -0.15) is 32.2 Å². The minimum atomic E-state index is -5.13. The highest BCUT2D eigenvalue weighted by Gasteiger charge is 2.29. The second-order valence-corrected chi connectivity index (χ2v) is 9.88. The molecule has 3 N–H and O–H groups in total. The van der Waals surface area contributed by atoms with Gasteiger partial charge in [0.05, 0.1) is 22.7 Å². The van der Waals surface area contributed by atoms with Crippen molar-refractivity contribution in [2.75, 3.05) is 0 Å². The molecule has 0 unspecified atom stereocenters. The number of nitrogens with zero attached hydrogens (tertiary/aromatic N) is 4. The number of aromatic hydroxyl groups is 1. The molecule has 0 aromatic heterocycles. The van der Waals surface area contributed by atoms with E-state index in [0.717, 1.165) is 6.07 Å². The molecule has 178 valence electrons. The summed E-state index contributed by atoms with van der Waals surface area (Å²) in [7, 11) is -10.1. The van der Waals surface area contributed by atoms with Gasteiger partial charge in [-0.05, 0) is 53.9 Å². The zero-order valence-corrected chi connectivity index (χ0v) is 19.2. The second-order valence-electron chi connectivity index (χ2n) is 7.13. The van der Waals surface area contributed by atoms with Gasteiger partial charge in [-0.15, -0.1) is 5.11 Å². The first-order valence-electron chi connectivity index (χ1n) is 9.76. The molecule has 0 spiro atoms. The predicted octanol–water partition coefficient (Wildman–Crippen LogP) is 5.87. The molecular formula is C22H16N4O7S2. The van der Waals surface area contributed by atoms with E-state index in [1.807, 2.05) is 18.2 Å². The molecule has 0 fully saturated rings. The van der Waals surface area contributed by atoms with E-state index in [1.165, 1.54) is 18.2 Å². The van der Waals surface area contributed by atoms with Crippen LogP contribution in [0.3, 0.4) is 0 Å². The summed E-state index contributed by atoms with van der Waals surface area (Å²) in [6.45, 7) is 0. The smallest absolute Gasteiger partial charge is 0.298 e. The molecule has 0 atom stereocenters. The molecule has 0 saturated carbocycles. The normalized spacial score (nSPS) is 12.6. The van der Waals surface area contributed by atoms with Gasteiger partial charge >= 0.3 is 0 Å². The molecule has 0 aliphatic heterocycles. The summed E-state index contributed by atoms with van der Waals surface area (Å²) in [6.07, 6.45) is 0. The Kier molecular flexibility index (Phi) is 6.41. The van der Waals surface area contributed by atoms with E-state index in [2.05, 4.69) is 20.5 Å². The first-order chi connectivity index (χ1) is 16.5. The number of phenolic OH excluding ortho intramolecular Hbond substituents is 1. The fourth-order valence-electron chi connectivity index (χ4n) is 3.20. The maximum atomic E-state index is 12.0. The summed E-state index contributed by atoms with van der Waals surface area (Å²) in [6, 6.07) is 20.6. The second kappa shape index (κ2) is 9.31. The highest BCUT2D eigenvalue weighted by Crippen LogP contribution is 2.41. The minimum Gasteiger partial charge on any atom is -0.505 e. The Labute approximate surface area is 199 Å². The van der Waals surface area contributed by atoms with Gasteiger partial charge in [0.2, 0.25) is 0 Å². The van der Waals surface area contributed by atoms with Crippen LogP contribution in [0, 0.1) is 0 Å². The highest BCUT2D eigenvalue weighted by molar-refractivity contribution is 7.87. The van der Waals surface area contributed by atoms with E-state index in [-0.39, 0.29) is 16.5 Å². The van der Waals surface area contributed by atoms with Crippen LogP contribution >= 0.6 is 0 Å². The molecule has 35 heavy (non-hydrogen) atoms. The molecule has 13 heteroatoms. The van der Waals surface area contributed by atoms with Gasteiger partial charge in [0, 0.05) is 5.39 Å². The van der Waals surface area contributed by atoms with E-state index < -0.39 is 35.8 Å². The standard InChI is InChI=1S/C22H16N4O7S2/c27-21-19(34(28,29)30)13-14-5-4-8-18(20(14)22(21)35(31,32)33)26-25-17-11-9-16(10-12-17)24-23-15-6-2-1-3-7-15/h1-13,27H,(H,28,29,30)(H,31,32,33). The number of benzene rings is 4. The largest absolute Gasteiger partial charge is 0.505 e. The van der Waals surface area contributed by atoms with Crippen molar-refractivity contribution in [1.82, 2.24) is 0 Å². The summed E-state index contributed by atoms with van der Waals surface area (Å²) in [4.78, 5) is -2.19. The summed E-state index contributed by atoms with van der Waals surface area (Å²) in [5, 5.41) is 26.2. The monoisotopic (exact) mass is 512 g/mol. The summed E-state index contributed by atoms with van der Waals surface area (Å²) in [5.74, 6) is -1.33. The van der Waals surface area contributed by atoms with Gasteiger partial charge in [-0.25, -0.2) is 0 Å². The van der Waals surface area contributed by atoms with Gasteiger partial charge in [0.15, 0.2) is 5.75 Å². The summed E-state index contributed by atoms with van der Waals surface area (Å²) >= 11 is 0. The molecule has 4 aromatic carbocycles. The van der Waals surface area contributed by atoms with Crippen molar-refractivity contribution >= 4 is 53.8 Å². The molecule has 0 heterocycles. The van der Waals surface area contributed by atoms with Crippen molar-refractivity contribution in [3.05, 3.63) is 78.9 Å². The maximum Gasteiger partial charge on any atom is 0.298 e. The number of azo groups is 2. The Bertz CT molecular complexity index is 1690. The van der Waals surface area contributed by atoms with Crippen molar-refractivity contribution in [3.8, 4) is 5.75 Å². The SMILES string of the molecule is O=S(=O)(O)c1cc2cccc(N=Nc3ccc(N=Nc4ccccc4)cc3)c2c(S(=O)(=O)O)c1O. The number of fused-ring (bicyclic) bond motifs is 1. The molecule has 0 aliphatic rings. The zero-order chi connectivity index (χ0) is 25.2. The molecule has 0 radical (unpaired) electrons. The summed E-state index contributed by atoms with van der Waals surface area (Å²) in [5.41, 5.74) is 1.52. The maximum absolute atomic E-state index is 12.0. The van der Waals surface area contributed by atoms with Gasteiger partial charge in [-0.1, -0.05) is 30.3 Å². The van der Waals surface area contributed by atoms with E-state index in [0.29, 0.717) is 17.1 Å². The van der Waals surface area contributed by atoms with E-state index in [4.69, 9.17) is 0 Å². The fourth-order valence-corrected chi connectivity index (χ4v) is 4.73. The topological polar surface area (TPSA) is 178 Å². The van der Waals surface area contributed by atoms with Crippen molar-refractivity contribution in [1.29, 1.82) is 0 Å². The van der Waals surface area contributed by atoms with E-state index in [9.17, 15) is 31.0 Å². The zero-order valence-electron chi connectivity index (χ0n) is 17.6. The van der Waals surface area contributed by atoms with Crippen LogP contribution in [-0.2, 0) is 20.2 Å². The van der Waals surface area contributed by atoms with E-state index >= 15 is 0 Å². The fraction of sp³-hybridized carbons (Fsp3) is 0. The Hall–Kier alpha value is -4.04. The quantitative estimate of drug-likeness (QED) is 0.213. The van der Waals surface area contributed by atoms with Crippen LogP contribution in [0.1, 0.15) is 0 Å². The van der Waals surface area contributed by atoms with Gasteiger partial charge in [-0.3, -0.25) is 9.11 Å². The third-order valence-electron chi connectivity index (χ3n) is 4.73. The first kappa shape index (κ1) is 24.1. The third kappa shape index (κ3) is 5.38. The number of hydrogen-bond donors (Lipinski definition) is 3. The molecule has 4 rings (SSSR count). The van der Waals surface area contributed by atoms with Crippen LogP contribution in [0.4, 0.5) is 22.7 Å². The lowest BCUT2D eigenvalue weighted by atomic mass is 10.1. The van der Waals surface area contributed by atoms with Gasteiger partial charge < -0.3 is 5.11 Å². The Morgan fingerprint density at radius 3 is 1.69 bits per heavy atom. The van der Waals surface area contributed by atoms with Crippen LogP contribution in [0.2, 0.25) is 0 Å². The molecular weight excluding hydrogens is 496 g/mol. The minimum absolute atomic E-state index is 0.0313. The molecule has 0 amide bonds. The predicted molar refractivity (Wildman–Crippen MR) is 126 cm³/mol. The van der Waals surface area contributed by atoms with Crippen LogP contribution in [-0.4, -0.2) is 31.0 Å². The lowest BCUT2D eigenvalue weighted by Crippen LogP contribution is -2.05. The van der Waals surface area contributed by atoms with E-state index in [1.54, 1.807) is 36.4 Å². The van der Waals surface area contributed by atoms with Crippen molar-refractivity contribution in [2.45, 2.75) is 9.79 Å². The molecule has 0 aliphatic carbocycles. The van der Waals surface area contributed by atoms with Crippen LogP contribution < -0.4 is 0 Å². The van der Waals surface area contributed by atoms with Gasteiger partial charge in [0.1, 0.15) is 9.79 Å². The van der Waals surface area contributed by atoms with Crippen LogP contribution in [0.15, 0.2) is 109 Å². The average Bonchev–Trinajstić information content (AvgIpc) is 2.81. The Balaban J connectivity index is 1.74. The van der Waals surface area contributed by atoms with Crippen molar-refractivity contribution in [3.63, 3.8) is 0 Å². The van der Waals surface area contributed by atoms with Crippen LogP contribution in [0.25, 0.3) is 10.8 Å². The average molecular weight is 513 g/mol. The number of hydrogen-bond acceptors (Lipinski definition) is 9. The molecule has 11 nitrogen and oxygen atoms in total. The van der Waals surface area contributed by atoms with Crippen LogP contribution in [0.5, 0.6) is 5.75 Å². The lowest BCUT2D eigenvalue weighted by Gasteiger charge is -2.11. The molecule has 0 saturated heterocycles. The van der Waals surface area contributed by atoms with Crippen molar-refractivity contribution < 1.29 is 31.0 Å². The highest BCUT2D eigenvalue weighted by atomic mass is 32.2. The Morgan fingerprint density at radius 1 is 0.600 bits per heavy atom. The van der Waals surface area contributed by atoms with Gasteiger partial charge in [0.25, 0.3) is 20.2 Å². The Morgan fingerprint density at radius 2 is 1.14 bits per heavy atom. The number of phenols is 1. The number of rotatable bonds is 6. The third-order valence-corrected chi connectivity index (χ3v) is 6.51. The first-order valence-corrected chi connectivity index (χ1v) is 12.6. The van der Waals surface area contributed by atoms with Crippen molar-refractivity contribution in [2.24, 2.45) is 20.5 Å². The molecule has 4 aromatic rings.